The Morgan fingerprint density at radius 3 is 2.28 bits per heavy atom. The zero-order valence-electron chi connectivity index (χ0n) is 15.9. The minimum absolute atomic E-state index is 0. The molecule has 1 aliphatic carbocycles. The van der Waals surface area contributed by atoms with E-state index in [2.05, 4.69) is 5.32 Å². The highest BCUT2D eigenvalue weighted by Gasteiger charge is 2.41. The SMILES string of the molecule is CS(=O)(=O)c1ccc(OC[C@H]2C[C@@H](NCc3ccc(F)cc3)[C@H](O)[C@@H]2O)cc1.Cl. The maximum Gasteiger partial charge on any atom is 0.175 e. The van der Waals surface area contributed by atoms with Crippen LogP contribution in [0.1, 0.15) is 12.0 Å². The molecule has 0 amide bonds. The summed E-state index contributed by atoms with van der Waals surface area (Å²) >= 11 is 0. The lowest BCUT2D eigenvalue weighted by molar-refractivity contribution is 0.00207. The first-order valence-corrected chi connectivity index (χ1v) is 10.9. The van der Waals surface area contributed by atoms with Crippen LogP contribution in [0.4, 0.5) is 4.39 Å². The fourth-order valence-corrected chi connectivity index (χ4v) is 3.96. The quantitative estimate of drug-likeness (QED) is 0.602. The van der Waals surface area contributed by atoms with E-state index < -0.39 is 22.0 Å². The van der Waals surface area contributed by atoms with Crippen molar-refractivity contribution in [2.75, 3.05) is 12.9 Å². The van der Waals surface area contributed by atoms with Gasteiger partial charge in [-0.3, -0.25) is 0 Å². The molecule has 1 fully saturated rings. The number of halogens is 2. The van der Waals surface area contributed by atoms with Gasteiger partial charge in [-0.15, -0.1) is 12.4 Å². The molecule has 1 aliphatic rings. The van der Waals surface area contributed by atoms with Gasteiger partial charge in [-0.05, 0) is 48.4 Å². The third kappa shape index (κ3) is 6.13. The van der Waals surface area contributed by atoms with Crippen LogP contribution in [0.5, 0.6) is 5.75 Å². The lowest BCUT2D eigenvalue weighted by Gasteiger charge is -2.18. The third-order valence-electron chi connectivity index (χ3n) is 5.00. The number of aliphatic hydroxyl groups is 2. The van der Waals surface area contributed by atoms with E-state index in [1.54, 1.807) is 24.3 Å². The van der Waals surface area contributed by atoms with Gasteiger partial charge in [-0.1, -0.05) is 12.1 Å². The Labute approximate surface area is 176 Å². The number of aliphatic hydroxyl groups excluding tert-OH is 2. The van der Waals surface area contributed by atoms with Gasteiger partial charge < -0.3 is 20.3 Å². The largest absolute Gasteiger partial charge is 0.493 e. The zero-order chi connectivity index (χ0) is 20.3. The molecular weight excluding hydrogens is 421 g/mol. The van der Waals surface area contributed by atoms with Gasteiger partial charge >= 0.3 is 0 Å². The summed E-state index contributed by atoms with van der Waals surface area (Å²) < 4.78 is 41.6. The predicted octanol–water partition coefficient (Wildman–Crippen LogP) is 1.93. The van der Waals surface area contributed by atoms with Crippen LogP contribution in [0.3, 0.4) is 0 Å². The van der Waals surface area contributed by atoms with Crippen molar-refractivity contribution >= 4 is 22.2 Å². The van der Waals surface area contributed by atoms with Gasteiger partial charge in [0.1, 0.15) is 11.6 Å². The van der Waals surface area contributed by atoms with Gasteiger partial charge in [0.25, 0.3) is 0 Å². The predicted molar refractivity (Wildman–Crippen MR) is 109 cm³/mol. The maximum atomic E-state index is 13.0. The molecule has 0 aromatic heterocycles. The number of nitrogens with one attached hydrogen (secondary N) is 1. The summed E-state index contributed by atoms with van der Waals surface area (Å²) in [4.78, 5) is 0.209. The van der Waals surface area contributed by atoms with Crippen molar-refractivity contribution in [1.29, 1.82) is 0 Å². The Morgan fingerprint density at radius 2 is 1.69 bits per heavy atom. The molecule has 6 nitrogen and oxygen atoms in total. The molecule has 9 heteroatoms. The van der Waals surface area contributed by atoms with Crippen LogP contribution in [0.15, 0.2) is 53.4 Å². The van der Waals surface area contributed by atoms with Crippen molar-refractivity contribution in [3.8, 4) is 5.75 Å². The molecule has 29 heavy (non-hydrogen) atoms. The Morgan fingerprint density at radius 1 is 1.07 bits per heavy atom. The fourth-order valence-electron chi connectivity index (χ4n) is 3.33. The van der Waals surface area contributed by atoms with Gasteiger partial charge in [-0.25, -0.2) is 12.8 Å². The Kier molecular flexibility index (Phi) is 8.02. The molecule has 0 saturated heterocycles. The van der Waals surface area contributed by atoms with Crippen LogP contribution < -0.4 is 10.1 Å². The van der Waals surface area contributed by atoms with Gasteiger partial charge in [0.15, 0.2) is 9.84 Å². The first-order valence-electron chi connectivity index (χ1n) is 9.01. The van der Waals surface area contributed by atoms with Crippen LogP contribution in [0.25, 0.3) is 0 Å². The number of sulfone groups is 1. The van der Waals surface area contributed by atoms with Crippen molar-refractivity contribution in [1.82, 2.24) is 5.32 Å². The molecule has 3 N–H and O–H groups in total. The summed E-state index contributed by atoms with van der Waals surface area (Å²) in [5.74, 6) is -0.0750. The van der Waals surface area contributed by atoms with Gasteiger partial charge in [-0.2, -0.15) is 0 Å². The summed E-state index contributed by atoms with van der Waals surface area (Å²) in [6.45, 7) is 0.653. The summed E-state index contributed by atoms with van der Waals surface area (Å²) in [6, 6.07) is 11.9. The Bertz CT molecular complexity index is 892. The van der Waals surface area contributed by atoms with Gasteiger partial charge in [0.05, 0.1) is 23.7 Å². The lowest BCUT2D eigenvalue weighted by Crippen LogP contribution is -2.39. The Hall–Kier alpha value is -1.71. The minimum atomic E-state index is -3.26. The second kappa shape index (κ2) is 9.86. The fraction of sp³-hybridized carbons (Fsp3) is 0.400. The molecule has 160 valence electrons. The molecule has 0 spiro atoms. The Balaban J connectivity index is 0.00000300. The van der Waals surface area contributed by atoms with Crippen LogP contribution in [-0.4, -0.2) is 49.7 Å². The molecule has 0 bridgehead atoms. The summed E-state index contributed by atoms with van der Waals surface area (Å²) in [5.41, 5.74) is 0.883. The van der Waals surface area contributed by atoms with Crippen molar-refractivity contribution < 1.29 is 27.8 Å². The van der Waals surface area contributed by atoms with E-state index >= 15 is 0 Å². The highest BCUT2D eigenvalue weighted by Crippen LogP contribution is 2.28. The average molecular weight is 446 g/mol. The van der Waals surface area contributed by atoms with Gasteiger partial charge in [0, 0.05) is 24.8 Å². The van der Waals surface area contributed by atoms with Crippen LogP contribution in [0.2, 0.25) is 0 Å². The first kappa shape index (κ1) is 23.6. The number of rotatable bonds is 7. The monoisotopic (exact) mass is 445 g/mol. The van der Waals surface area contributed by atoms with Crippen LogP contribution >= 0.6 is 12.4 Å². The van der Waals surface area contributed by atoms with Crippen molar-refractivity contribution in [3.05, 3.63) is 59.9 Å². The zero-order valence-corrected chi connectivity index (χ0v) is 17.5. The smallest absolute Gasteiger partial charge is 0.175 e. The van der Waals surface area contributed by atoms with Crippen LogP contribution in [0, 0.1) is 11.7 Å². The molecule has 0 radical (unpaired) electrons. The third-order valence-corrected chi connectivity index (χ3v) is 6.13. The molecular formula is C20H25ClFNO5S. The second-order valence-electron chi connectivity index (χ2n) is 7.15. The number of hydrogen-bond donors (Lipinski definition) is 3. The van der Waals surface area contributed by atoms with E-state index in [4.69, 9.17) is 4.74 Å². The first-order chi connectivity index (χ1) is 13.2. The van der Waals surface area contributed by atoms with E-state index in [0.717, 1.165) is 11.8 Å². The summed E-state index contributed by atoms with van der Waals surface area (Å²) in [5, 5.41) is 23.8. The summed E-state index contributed by atoms with van der Waals surface area (Å²) in [7, 11) is -3.26. The van der Waals surface area contributed by atoms with E-state index in [1.165, 1.54) is 24.3 Å². The van der Waals surface area contributed by atoms with Gasteiger partial charge in [0.2, 0.25) is 0 Å². The van der Waals surface area contributed by atoms with Crippen molar-refractivity contribution in [2.24, 2.45) is 5.92 Å². The second-order valence-corrected chi connectivity index (χ2v) is 9.16. The highest BCUT2D eigenvalue weighted by atomic mass is 35.5. The topological polar surface area (TPSA) is 95.9 Å². The minimum Gasteiger partial charge on any atom is -0.493 e. The van der Waals surface area contributed by atoms with E-state index in [1.807, 2.05) is 0 Å². The molecule has 2 aromatic rings. The molecule has 1 saturated carbocycles. The number of ether oxygens (including phenoxy) is 1. The van der Waals surface area contributed by atoms with E-state index in [9.17, 15) is 23.0 Å². The molecule has 0 heterocycles. The van der Waals surface area contributed by atoms with Crippen molar-refractivity contribution in [2.45, 2.75) is 36.1 Å². The average Bonchev–Trinajstić information content (AvgIpc) is 2.93. The normalized spacial score (nSPS) is 24.1. The molecule has 3 rings (SSSR count). The molecule has 2 aromatic carbocycles. The number of benzene rings is 2. The molecule has 0 aliphatic heterocycles. The maximum absolute atomic E-state index is 13.0. The van der Waals surface area contributed by atoms with Crippen molar-refractivity contribution in [3.63, 3.8) is 0 Å². The number of hydrogen-bond acceptors (Lipinski definition) is 6. The molecule has 4 atom stereocenters. The molecule has 0 unspecified atom stereocenters. The van der Waals surface area contributed by atoms with Crippen LogP contribution in [-0.2, 0) is 16.4 Å². The van der Waals surface area contributed by atoms with E-state index in [0.29, 0.717) is 18.7 Å². The lowest BCUT2D eigenvalue weighted by atomic mass is 10.1. The highest BCUT2D eigenvalue weighted by molar-refractivity contribution is 7.90. The van der Waals surface area contributed by atoms with E-state index in [-0.39, 0.29) is 41.7 Å². The summed E-state index contributed by atoms with van der Waals surface area (Å²) in [6.07, 6.45) is -0.203. The standard InChI is InChI=1S/C20H24FNO5S.ClH/c1-28(25,26)17-8-6-16(7-9-17)27-12-14-10-18(20(24)19(14)23)22-11-13-2-4-15(21)5-3-13;/h2-9,14,18-20,22-24H,10-12H2,1H3;1H/t14-,18-,19-,20+;/m1./s1.